The number of fused-ring (bicyclic) bond motifs is 1. The molecule has 0 aliphatic heterocycles. The molecule has 2 N–H and O–H groups in total. The van der Waals surface area contributed by atoms with Crippen molar-refractivity contribution in [2.24, 2.45) is 5.92 Å². The number of nitrogens with zero attached hydrogens (tertiary/aromatic N) is 2. The first-order chi connectivity index (χ1) is 18.6. The fourth-order valence-electron chi connectivity index (χ4n) is 4.99. The van der Waals surface area contributed by atoms with Crippen LogP contribution in [-0.2, 0) is 11.3 Å². The molecule has 0 bridgehead atoms. The second kappa shape index (κ2) is 12.3. The molecule has 1 aromatic heterocycles. The number of benzene rings is 2. The zero-order valence-corrected chi connectivity index (χ0v) is 23.3. The second-order valence-electron chi connectivity index (χ2n) is 10.2. The van der Waals surface area contributed by atoms with Gasteiger partial charge in [-0.2, -0.15) is 13.2 Å². The first kappa shape index (κ1) is 28.8. The van der Waals surface area contributed by atoms with Crippen molar-refractivity contribution in [3.8, 4) is 17.6 Å². The number of amides is 1. The van der Waals surface area contributed by atoms with Crippen molar-refractivity contribution in [1.82, 2.24) is 4.57 Å². The Kier molecular flexibility index (Phi) is 9.06. The molecule has 2 aromatic carbocycles. The predicted octanol–water partition coefficient (Wildman–Crippen LogP) is 7.42. The third-order valence-electron chi connectivity index (χ3n) is 6.93. The van der Waals surface area contributed by atoms with Crippen LogP contribution in [0.3, 0.4) is 0 Å². The number of halogens is 3. The number of phenolic OH excluding ortho intramolecular Hbond substituents is 1. The normalized spacial score (nSPS) is 14.3. The molecule has 1 heterocycles. The number of anilines is 2. The number of hydrogen-bond acceptors (Lipinski definition) is 4. The van der Waals surface area contributed by atoms with Crippen LogP contribution < -0.4 is 10.2 Å². The van der Waals surface area contributed by atoms with Crippen molar-refractivity contribution in [1.29, 1.82) is 0 Å². The van der Waals surface area contributed by atoms with Crippen LogP contribution in [0.4, 0.5) is 24.5 Å². The fraction of sp³-hybridized carbons (Fsp3) is 0.433. The number of rotatable bonds is 7. The van der Waals surface area contributed by atoms with Gasteiger partial charge in [0.2, 0.25) is 5.91 Å². The SMILES string of the molecule is CSc1ccc(N(CC#Cc2cc3c(NC4CCCCC4)cccc3n2CC(F)(F)F)C(=O)C(C)C)c(O)c1. The second-order valence-corrected chi connectivity index (χ2v) is 11.1. The number of aromatic nitrogens is 1. The maximum absolute atomic E-state index is 13.6. The average Bonchev–Trinajstić information content (AvgIpc) is 3.23. The van der Waals surface area contributed by atoms with Crippen LogP contribution in [0.15, 0.2) is 47.4 Å². The Morgan fingerprint density at radius 1 is 1.18 bits per heavy atom. The Labute approximate surface area is 231 Å². The van der Waals surface area contributed by atoms with Gasteiger partial charge in [-0.3, -0.25) is 9.69 Å². The van der Waals surface area contributed by atoms with Gasteiger partial charge < -0.3 is 15.0 Å². The summed E-state index contributed by atoms with van der Waals surface area (Å²) in [5, 5.41) is 14.8. The Bertz CT molecular complexity index is 1380. The molecule has 1 saturated carbocycles. The van der Waals surface area contributed by atoms with Gasteiger partial charge in [0.05, 0.1) is 23.4 Å². The Morgan fingerprint density at radius 2 is 1.92 bits per heavy atom. The third kappa shape index (κ3) is 7.04. The molecule has 4 rings (SSSR count). The molecular weight excluding hydrogens is 523 g/mol. The lowest BCUT2D eigenvalue weighted by Crippen LogP contribution is -2.34. The number of nitrogens with one attached hydrogen (secondary N) is 1. The highest BCUT2D eigenvalue weighted by molar-refractivity contribution is 7.98. The minimum absolute atomic E-state index is 0.0535. The van der Waals surface area contributed by atoms with Gasteiger partial charge in [0, 0.05) is 27.9 Å². The van der Waals surface area contributed by atoms with Crippen LogP contribution in [0.2, 0.25) is 0 Å². The quantitative estimate of drug-likeness (QED) is 0.235. The first-order valence-corrected chi connectivity index (χ1v) is 14.4. The van der Waals surface area contributed by atoms with E-state index in [1.807, 2.05) is 12.3 Å². The van der Waals surface area contributed by atoms with E-state index in [0.717, 1.165) is 36.3 Å². The van der Waals surface area contributed by atoms with Crippen molar-refractivity contribution in [2.45, 2.75) is 69.6 Å². The highest BCUT2D eigenvalue weighted by Crippen LogP contribution is 2.33. The standard InChI is InChI=1S/C30H34F3N3O2S/c1-20(2)29(38)35(27-15-14-23(39-3)18-28(27)37)16-8-11-22-17-24-25(34-21-9-5-4-6-10-21)12-7-13-26(24)36(22)19-30(31,32)33/h7,12-15,17-18,20-21,34,37H,4-6,9-10,16,19H2,1-3H3. The van der Waals surface area contributed by atoms with Crippen LogP contribution in [0.1, 0.15) is 51.6 Å². The van der Waals surface area contributed by atoms with Crippen LogP contribution in [0.25, 0.3) is 10.9 Å². The molecular formula is C30H34F3N3O2S. The first-order valence-electron chi connectivity index (χ1n) is 13.2. The van der Waals surface area contributed by atoms with Crippen LogP contribution in [0, 0.1) is 17.8 Å². The molecule has 0 atom stereocenters. The molecule has 0 saturated heterocycles. The summed E-state index contributed by atoms with van der Waals surface area (Å²) >= 11 is 1.46. The molecule has 1 aliphatic carbocycles. The number of carbonyl (C=O) groups excluding carboxylic acids is 1. The lowest BCUT2D eigenvalue weighted by Gasteiger charge is -2.24. The molecule has 9 heteroatoms. The van der Waals surface area contributed by atoms with Gasteiger partial charge in [-0.05, 0) is 61.4 Å². The summed E-state index contributed by atoms with van der Waals surface area (Å²) in [6.45, 7) is 2.25. The topological polar surface area (TPSA) is 57.5 Å². The molecule has 39 heavy (non-hydrogen) atoms. The van der Waals surface area contributed by atoms with Crippen molar-refractivity contribution in [3.05, 3.63) is 48.2 Å². The van der Waals surface area contributed by atoms with Crippen LogP contribution in [0.5, 0.6) is 5.75 Å². The Morgan fingerprint density at radius 3 is 2.56 bits per heavy atom. The van der Waals surface area contributed by atoms with E-state index in [1.54, 1.807) is 50.2 Å². The number of hydrogen-bond donors (Lipinski definition) is 2. The highest BCUT2D eigenvalue weighted by atomic mass is 32.2. The highest BCUT2D eigenvalue weighted by Gasteiger charge is 2.30. The zero-order chi connectivity index (χ0) is 28.2. The molecule has 5 nitrogen and oxygen atoms in total. The minimum atomic E-state index is -4.43. The van der Waals surface area contributed by atoms with Crippen LogP contribution >= 0.6 is 11.8 Å². The van der Waals surface area contributed by atoms with E-state index in [1.165, 1.54) is 27.6 Å². The summed E-state index contributed by atoms with van der Waals surface area (Å²) < 4.78 is 42.0. The van der Waals surface area contributed by atoms with Crippen LogP contribution in [-0.4, -0.2) is 40.6 Å². The summed E-state index contributed by atoms with van der Waals surface area (Å²) in [7, 11) is 0. The molecule has 0 unspecified atom stereocenters. The van der Waals surface area contributed by atoms with Gasteiger partial charge in [-0.25, -0.2) is 0 Å². The maximum Gasteiger partial charge on any atom is 0.406 e. The number of phenols is 1. The van der Waals surface area contributed by atoms with Crippen molar-refractivity contribution in [3.63, 3.8) is 0 Å². The lowest BCUT2D eigenvalue weighted by atomic mass is 9.95. The van der Waals surface area contributed by atoms with E-state index in [-0.39, 0.29) is 29.8 Å². The monoisotopic (exact) mass is 557 g/mol. The van der Waals surface area contributed by atoms with E-state index >= 15 is 0 Å². The number of alkyl halides is 3. The van der Waals surface area contributed by atoms with Crippen molar-refractivity contribution >= 4 is 39.9 Å². The van der Waals surface area contributed by atoms with E-state index in [4.69, 9.17) is 0 Å². The molecule has 208 valence electrons. The van der Waals surface area contributed by atoms with Gasteiger partial charge in [-0.15, -0.1) is 11.8 Å². The number of thioether (sulfide) groups is 1. The zero-order valence-electron chi connectivity index (χ0n) is 22.4. The average molecular weight is 558 g/mol. The predicted molar refractivity (Wildman–Crippen MR) is 152 cm³/mol. The van der Waals surface area contributed by atoms with Gasteiger partial charge in [0.15, 0.2) is 0 Å². The molecule has 1 amide bonds. The van der Waals surface area contributed by atoms with Crippen molar-refractivity contribution in [2.75, 3.05) is 23.0 Å². The van der Waals surface area contributed by atoms with Gasteiger partial charge in [0.25, 0.3) is 0 Å². The Balaban J connectivity index is 1.70. The minimum Gasteiger partial charge on any atom is -0.506 e. The molecule has 0 spiro atoms. The van der Waals surface area contributed by atoms with Gasteiger partial charge >= 0.3 is 6.18 Å². The summed E-state index contributed by atoms with van der Waals surface area (Å²) in [5.74, 6) is 5.15. The lowest BCUT2D eigenvalue weighted by molar-refractivity contribution is -0.140. The van der Waals surface area contributed by atoms with Crippen molar-refractivity contribution < 1.29 is 23.1 Å². The van der Waals surface area contributed by atoms with Gasteiger partial charge in [0.1, 0.15) is 12.3 Å². The van der Waals surface area contributed by atoms with E-state index < -0.39 is 12.7 Å². The number of aromatic hydroxyl groups is 1. The number of carbonyl (C=O) groups is 1. The summed E-state index contributed by atoms with van der Waals surface area (Å²) in [6, 6.07) is 12.4. The Hall–Kier alpha value is -3.25. The molecule has 1 fully saturated rings. The summed E-state index contributed by atoms with van der Waals surface area (Å²) in [6.07, 6.45) is 3.02. The molecule has 3 aromatic rings. The third-order valence-corrected chi connectivity index (χ3v) is 7.66. The summed E-state index contributed by atoms with van der Waals surface area (Å²) in [4.78, 5) is 15.2. The smallest absolute Gasteiger partial charge is 0.406 e. The van der Waals surface area contributed by atoms with E-state index in [0.29, 0.717) is 22.6 Å². The van der Waals surface area contributed by atoms with E-state index in [2.05, 4.69) is 17.2 Å². The molecule has 1 aliphatic rings. The molecule has 0 radical (unpaired) electrons. The summed E-state index contributed by atoms with van der Waals surface area (Å²) in [5.41, 5.74) is 1.80. The largest absolute Gasteiger partial charge is 0.506 e. The fourth-order valence-corrected chi connectivity index (χ4v) is 5.43. The maximum atomic E-state index is 13.6. The van der Waals surface area contributed by atoms with Gasteiger partial charge in [-0.1, -0.05) is 45.1 Å². The van der Waals surface area contributed by atoms with E-state index in [9.17, 15) is 23.1 Å².